The Balaban J connectivity index is 1.51. The van der Waals surface area contributed by atoms with Crippen LogP contribution in [0, 0.1) is 0 Å². The van der Waals surface area contributed by atoms with Gasteiger partial charge in [0.05, 0.1) is 23.3 Å². The predicted molar refractivity (Wildman–Crippen MR) is 98.8 cm³/mol. The highest BCUT2D eigenvalue weighted by Gasteiger charge is 2.15. The smallest absolute Gasteiger partial charge is 0.261 e. The summed E-state index contributed by atoms with van der Waals surface area (Å²) < 4.78 is 7.08. The fraction of sp³-hybridized carbons (Fsp3) is 0.150. The van der Waals surface area contributed by atoms with Crippen LogP contribution in [-0.2, 0) is 11.3 Å². The number of carbonyl (C=O) groups is 1. The fourth-order valence-corrected chi connectivity index (χ4v) is 2.95. The topological polar surface area (TPSA) is 77.1 Å². The third-order valence-electron chi connectivity index (χ3n) is 4.29. The van der Waals surface area contributed by atoms with Crippen molar-refractivity contribution in [2.45, 2.75) is 19.5 Å². The third kappa shape index (κ3) is 2.97. The molecular formula is C20H17N3O3. The van der Waals surface area contributed by atoms with Gasteiger partial charge in [-0.3, -0.25) is 14.2 Å². The molecule has 1 atom stereocenters. The molecule has 0 saturated carbocycles. The summed E-state index contributed by atoms with van der Waals surface area (Å²) >= 11 is 0. The molecule has 2 aromatic heterocycles. The lowest BCUT2D eigenvalue weighted by Crippen LogP contribution is -2.33. The van der Waals surface area contributed by atoms with Crippen LogP contribution >= 0.6 is 0 Å². The molecule has 4 aromatic rings. The van der Waals surface area contributed by atoms with Gasteiger partial charge in [0.2, 0.25) is 5.91 Å². The van der Waals surface area contributed by atoms with E-state index in [1.165, 1.54) is 10.9 Å². The second-order valence-corrected chi connectivity index (χ2v) is 6.17. The van der Waals surface area contributed by atoms with Crippen LogP contribution < -0.4 is 10.9 Å². The quantitative estimate of drug-likeness (QED) is 0.616. The van der Waals surface area contributed by atoms with Crippen LogP contribution in [0.5, 0.6) is 0 Å². The molecule has 26 heavy (non-hydrogen) atoms. The van der Waals surface area contributed by atoms with Gasteiger partial charge in [-0.05, 0) is 31.2 Å². The molecule has 6 nitrogen and oxygen atoms in total. The number of aromatic nitrogens is 2. The Morgan fingerprint density at radius 3 is 2.81 bits per heavy atom. The van der Waals surface area contributed by atoms with Crippen LogP contribution in [0.15, 0.2) is 70.1 Å². The first-order valence-electron chi connectivity index (χ1n) is 8.34. The molecule has 2 aromatic carbocycles. The van der Waals surface area contributed by atoms with E-state index < -0.39 is 0 Å². The van der Waals surface area contributed by atoms with E-state index in [0.717, 1.165) is 11.0 Å². The van der Waals surface area contributed by atoms with Gasteiger partial charge in [-0.2, -0.15) is 0 Å². The number of carbonyl (C=O) groups excluding carboxylic acids is 1. The Morgan fingerprint density at radius 1 is 1.19 bits per heavy atom. The predicted octanol–water partition coefficient (Wildman–Crippen LogP) is 3.02. The molecular weight excluding hydrogens is 330 g/mol. The molecule has 0 saturated heterocycles. The summed E-state index contributed by atoms with van der Waals surface area (Å²) in [6, 6.07) is 16.3. The molecule has 1 unspecified atom stereocenters. The first-order valence-corrected chi connectivity index (χ1v) is 8.34. The van der Waals surface area contributed by atoms with E-state index >= 15 is 0 Å². The zero-order valence-electron chi connectivity index (χ0n) is 14.2. The molecule has 0 fully saturated rings. The maximum atomic E-state index is 12.5. The average Bonchev–Trinajstić information content (AvgIpc) is 3.09. The van der Waals surface area contributed by atoms with Gasteiger partial charge in [0.1, 0.15) is 17.9 Å². The second-order valence-electron chi connectivity index (χ2n) is 6.17. The molecule has 0 bridgehead atoms. The van der Waals surface area contributed by atoms with Crippen molar-refractivity contribution in [3.63, 3.8) is 0 Å². The van der Waals surface area contributed by atoms with Crippen LogP contribution in [0.3, 0.4) is 0 Å². The lowest BCUT2D eigenvalue weighted by Gasteiger charge is -2.12. The van der Waals surface area contributed by atoms with E-state index in [2.05, 4.69) is 10.3 Å². The minimum Gasteiger partial charge on any atom is -0.459 e. The largest absolute Gasteiger partial charge is 0.459 e. The number of rotatable bonds is 4. The molecule has 1 N–H and O–H groups in total. The molecule has 0 aliphatic carbocycles. The summed E-state index contributed by atoms with van der Waals surface area (Å²) in [5.41, 5.74) is 1.16. The highest BCUT2D eigenvalue weighted by molar-refractivity contribution is 5.80. The highest BCUT2D eigenvalue weighted by Crippen LogP contribution is 2.23. The number of benzene rings is 2. The summed E-state index contributed by atoms with van der Waals surface area (Å²) in [7, 11) is 0. The molecule has 130 valence electrons. The first-order chi connectivity index (χ1) is 12.6. The van der Waals surface area contributed by atoms with Crippen LogP contribution in [0.2, 0.25) is 0 Å². The average molecular weight is 347 g/mol. The van der Waals surface area contributed by atoms with E-state index in [9.17, 15) is 9.59 Å². The van der Waals surface area contributed by atoms with Crippen molar-refractivity contribution in [1.82, 2.24) is 14.9 Å². The van der Waals surface area contributed by atoms with Gasteiger partial charge >= 0.3 is 0 Å². The molecule has 0 aliphatic rings. The van der Waals surface area contributed by atoms with Crippen molar-refractivity contribution >= 4 is 27.8 Å². The molecule has 0 spiro atoms. The van der Waals surface area contributed by atoms with E-state index in [1.807, 2.05) is 43.3 Å². The number of nitrogens with zero attached hydrogens (tertiary/aromatic N) is 2. The Labute approximate surface area is 149 Å². The molecule has 0 radical (unpaired) electrons. The molecule has 6 heteroatoms. The Kier molecular flexibility index (Phi) is 4.01. The van der Waals surface area contributed by atoms with Gasteiger partial charge in [0.15, 0.2) is 0 Å². The Hall–Kier alpha value is -3.41. The van der Waals surface area contributed by atoms with Gasteiger partial charge in [-0.15, -0.1) is 0 Å². The molecule has 4 rings (SSSR count). The molecule has 2 heterocycles. The van der Waals surface area contributed by atoms with Gasteiger partial charge in [-0.25, -0.2) is 4.98 Å². The van der Waals surface area contributed by atoms with Crippen molar-refractivity contribution in [3.8, 4) is 0 Å². The number of fused-ring (bicyclic) bond motifs is 2. The summed E-state index contributed by atoms with van der Waals surface area (Å²) in [6.07, 6.45) is 1.40. The number of furan rings is 1. The van der Waals surface area contributed by atoms with Gasteiger partial charge in [0.25, 0.3) is 5.56 Å². The first kappa shape index (κ1) is 16.1. The summed E-state index contributed by atoms with van der Waals surface area (Å²) in [6.45, 7) is 1.75. The molecule has 1 amide bonds. The summed E-state index contributed by atoms with van der Waals surface area (Å²) in [5, 5.41) is 4.34. The van der Waals surface area contributed by atoms with Gasteiger partial charge in [-0.1, -0.05) is 30.3 Å². The van der Waals surface area contributed by atoms with Crippen molar-refractivity contribution < 1.29 is 9.21 Å². The second kappa shape index (κ2) is 6.48. The van der Waals surface area contributed by atoms with Crippen molar-refractivity contribution in [3.05, 3.63) is 77.0 Å². The van der Waals surface area contributed by atoms with Gasteiger partial charge < -0.3 is 9.73 Å². The number of nitrogens with one attached hydrogen (secondary N) is 1. The standard InChI is InChI=1S/C20H17N3O3/c1-13(18-10-14-6-2-5-9-17(14)26-18)22-19(24)11-23-12-21-16-8-4-3-7-15(16)20(23)25/h2-10,12-13H,11H2,1H3,(H,22,24). The van der Waals surface area contributed by atoms with Crippen LogP contribution in [0.1, 0.15) is 18.7 Å². The van der Waals surface area contributed by atoms with Crippen molar-refractivity contribution in [2.24, 2.45) is 0 Å². The zero-order chi connectivity index (χ0) is 18.1. The lowest BCUT2D eigenvalue weighted by molar-refractivity contribution is -0.122. The van der Waals surface area contributed by atoms with Crippen molar-refractivity contribution in [2.75, 3.05) is 0 Å². The Morgan fingerprint density at radius 2 is 1.96 bits per heavy atom. The number of para-hydroxylation sites is 2. The van der Waals surface area contributed by atoms with E-state index in [4.69, 9.17) is 4.42 Å². The lowest BCUT2D eigenvalue weighted by atomic mass is 10.2. The van der Waals surface area contributed by atoms with Crippen LogP contribution in [0.25, 0.3) is 21.9 Å². The third-order valence-corrected chi connectivity index (χ3v) is 4.29. The molecule has 0 aliphatic heterocycles. The fourth-order valence-electron chi connectivity index (χ4n) is 2.95. The maximum absolute atomic E-state index is 12.5. The van der Waals surface area contributed by atoms with E-state index in [1.54, 1.807) is 18.2 Å². The van der Waals surface area contributed by atoms with Crippen LogP contribution in [-0.4, -0.2) is 15.5 Å². The number of hydrogen-bond acceptors (Lipinski definition) is 4. The zero-order valence-corrected chi connectivity index (χ0v) is 14.2. The maximum Gasteiger partial charge on any atom is 0.261 e. The minimum absolute atomic E-state index is 0.0960. The van der Waals surface area contributed by atoms with Crippen molar-refractivity contribution in [1.29, 1.82) is 0 Å². The minimum atomic E-state index is -0.306. The normalized spacial score (nSPS) is 12.3. The van der Waals surface area contributed by atoms with Crippen LogP contribution in [0.4, 0.5) is 0 Å². The van der Waals surface area contributed by atoms with Gasteiger partial charge in [0, 0.05) is 5.39 Å². The van der Waals surface area contributed by atoms with E-state index in [0.29, 0.717) is 16.7 Å². The summed E-state index contributed by atoms with van der Waals surface area (Å²) in [4.78, 5) is 29.0. The van der Waals surface area contributed by atoms with E-state index in [-0.39, 0.29) is 24.1 Å². The number of amides is 1. The monoisotopic (exact) mass is 347 g/mol. The summed E-state index contributed by atoms with van der Waals surface area (Å²) in [5.74, 6) is 0.390. The number of hydrogen-bond donors (Lipinski definition) is 1. The Bertz CT molecular complexity index is 1130. The SMILES string of the molecule is CC(NC(=O)Cn1cnc2ccccc2c1=O)c1cc2ccccc2o1. The highest BCUT2D eigenvalue weighted by atomic mass is 16.3.